The largest absolute Gasteiger partial charge is 0.326 e. The van der Waals surface area contributed by atoms with E-state index < -0.39 is 0 Å². The Balaban J connectivity index is 1.36. The third kappa shape index (κ3) is 3.42. The quantitative estimate of drug-likeness (QED) is 0.589. The molecule has 2 heterocycles. The van der Waals surface area contributed by atoms with Crippen molar-refractivity contribution in [3.8, 4) is 5.69 Å². The number of H-pyrrole nitrogens is 1. The second-order valence-electron chi connectivity index (χ2n) is 5.85. The summed E-state index contributed by atoms with van der Waals surface area (Å²) in [4.78, 5) is 12.2. The van der Waals surface area contributed by atoms with Gasteiger partial charge in [-0.2, -0.15) is 10.2 Å². The number of carbonyl (C=O) groups is 1. The van der Waals surface area contributed by atoms with Crippen molar-refractivity contribution in [1.82, 2.24) is 20.0 Å². The van der Waals surface area contributed by atoms with Gasteiger partial charge in [-0.1, -0.05) is 18.2 Å². The molecule has 0 aliphatic carbocycles. The van der Waals surface area contributed by atoms with Gasteiger partial charge in [-0.25, -0.2) is 4.68 Å². The minimum Gasteiger partial charge on any atom is -0.326 e. The number of rotatable bonds is 5. The highest BCUT2D eigenvalue weighted by molar-refractivity contribution is 5.93. The number of nitrogens with one attached hydrogen (secondary N) is 2. The fraction of sp³-hybridized carbons (Fsp3) is 0.105. The highest BCUT2D eigenvalue weighted by atomic mass is 16.1. The van der Waals surface area contributed by atoms with Gasteiger partial charge in [0, 0.05) is 23.7 Å². The summed E-state index contributed by atoms with van der Waals surface area (Å²) in [7, 11) is 0. The van der Waals surface area contributed by atoms with Crippen molar-refractivity contribution in [2.45, 2.75) is 12.8 Å². The Bertz CT molecular complexity index is 1000. The van der Waals surface area contributed by atoms with Crippen molar-refractivity contribution in [1.29, 1.82) is 0 Å². The molecule has 0 unspecified atom stereocenters. The van der Waals surface area contributed by atoms with E-state index in [1.807, 2.05) is 59.4 Å². The van der Waals surface area contributed by atoms with E-state index in [1.54, 1.807) is 12.4 Å². The molecule has 25 heavy (non-hydrogen) atoms. The number of aryl methyl sites for hydroxylation is 1. The van der Waals surface area contributed by atoms with Crippen LogP contribution >= 0.6 is 0 Å². The van der Waals surface area contributed by atoms with Gasteiger partial charge < -0.3 is 5.32 Å². The number of aromatic nitrogens is 4. The van der Waals surface area contributed by atoms with Crippen LogP contribution in [0.2, 0.25) is 0 Å². The lowest BCUT2D eigenvalue weighted by Crippen LogP contribution is -2.12. The molecule has 0 saturated carbocycles. The van der Waals surface area contributed by atoms with Crippen LogP contribution < -0.4 is 5.32 Å². The van der Waals surface area contributed by atoms with E-state index in [0.29, 0.717) is 12.8 Å². The molecule has 0 bridgehead atoms. The molecule has 124 valence electrons. The molecular weight excluding hydrogens is 314 g/mol. The Kier molecular flexibility index (Phi) is 4.00. The highest BCUT2D eigenvalue weighted by Gasteiger charge is 2.07. The lowest BCUT2D eigenvalue weighted by atomic mass is 10.2. The van der Waals surface area contributed by atoms with Crippen LogP contribution in [-0.2, 0) is 11.2 Å². The summed E-state index contributed by atoms with van der Waals surface area (Å²) in [6, 6.07) is 15.6. The van der Waals surface area contributed by atoms with Crippen LogP contribution in [0.5, 0.6) is 0 Å². The lowest BCUT2D eigenvalue weighted by Gasteiger charge is -2.04. The number of nitrogens with zero attached hydrogens (tertiary/aromatic N) is 3. The third-order valence-electron chi connectivity index (χ3n) is 4.02. The van der Waals surface area contributed by atoms with Crippen LogP contribution in [0, 0.1) is 0 Å². The van der Waals surface area contributed by atoms with Crippen LogP contribution in [-0.4, -0.2) is 25.9 Å². The fourth-order valence-corrected chi connectivity index (χ4v) is 2.71. The number of hydrogen-bond acceptors (Lipinski definition) is 3. The number of benzene rings is 2. The minimum atomic E-state index is -0.0182. The highest BCUT2D eigenvalue weighted by Crippen LogP contribution is 2.17. The van der Waals surface area contributed by atoms with E-state index in [4.69, 9.17) is 0 Å². The molecule has 0 saturated heterocycles. The zero-order valence-corrected chi connectivity index (χ0v) is 13.5. The molecule has 0 atom stereocenters. The van der Waals surface area contributed by atoms with Gasteiger partial charge >= 0.3 is 0 Å². The second-order valence-corrected chi connectivity index (χ2v) is 5.85. The number of carbonyl (C=O) groups excluding carboxylic acids is 1. The van der Waals surface area contributed by atoms with Crippen molar-refractivity contribution in [3.63, 3.8) is 0 Å². The van der Waals surface area contributed by atoms with Crippen LogP contribution in [0.25, 0.3) is 16.6 Å². The molecular formula is C19H17N5O. The van der Waals surface area contributed by atoms with E-state index >= 15 is 0 Å². The molecule has 0 spiro atoms. The summed E-state index contributed by atoms with van der Waals surface area (Å²) in [6.07, 6.45) is 6.55. The molecule has 2 N–H and O–H groups in total. The average Bonchev–Trinajstić information content (AvgIpc) is 3.30. The summed E-state index contributed by atoms with van der Waals surface area (Å²) in [5.74, 6) is -0.0182. The molecule has 2 aromatic heterocycles. The number of amides is 1. The fourth-order valence-electron chi connectivity index (χ4n) is 2.71. The van der Waals surface area contributed by atoms with Crippen LogP contribution in [0.4, 0.5) is 5.69 Å². The normalized spacial score (nSPS) is 10.9. The van der Waals surface area contributed by atoms with Gasteiger partial charge in [-0.05, 0) is 42.3 Å². The van der Waals surface area contributed by atoms with Crippen molar-refractivity contribution < 1.29 is 4.79 Å². The number of para-hydroxylation sites is 1. The van der Waals surface area contributed by atoms with Crippen molar-refractivity contribution >= 4 is 22.5 Å². The van der Waals surface area contributed by atoms with E-state index in [-0.39, 0.29) is 5.91 Å². The Morgan fingerprint density at radius 3 is 2.88 bits per heavy atom. The van der Waals surface area contributed by atoms with Crippen molar-refractivity contribution in [2.75, 3.05) is 5.32 Å². The Hall–Kier alpha value is -3.41. The first kappa shape index (κ1) is 15.1. The van der Waals surface area contributed by atoms with Gasteiger partial charge in [-0.15, -0.1) is 0 Å². The van der Waals surface area contributed by atoms with Crippen LogP contribution in [0.3, 0.4) is 0 Å². The van der Waals surface area contributed by atoms with E-state index in [0.717, 1.165) is 27.8 Å². The summed E-state index contributed by atoms with van der Waals surface area (Å²) >= 11 is 0. The zero-order valence-electron chi connectivity index (χ0n) is 13.5. The van der Waals surface area contributed by atoms with Gasteiger partial charge in [0.2, 0.25) is 5.91 Å². The molecule has 4 rings (SSSR count). The maximum atomic E-state index is 12.2. The maximum Gasteiger partial charge on any atom is 0.224 e. The molecule has 1 amide bonds. The van der Waals surface area contributed by atoms with Gasteiger partial charge in [-0.3, -0.25) is 9.89 Å². The molecule has 6 nitrogen and oxygen atoms in total. The number of aromatic amines is 1. The van der Waals surface area contributed by atoms with Gasteiger partial charge in [0.05, 0.1) is 23.6 Å². The number of fused-ring (bicyclic) bond motifs is 1. The summed E-state index contributed by atoms with van der Waals surface area (Å²) in [5.41, 5.74) is 3.76. The van der Waals surface area contributed by atoms with E-state index in [1.165, 1.54) is 0 Å². The van der Waals surface area contributed by atoms with Gasteiger partial charge in [0.25, 0.3) is 0 Å². The smallest absolute Gasteiger partial charge is 0.224 e. The average molecular weight is 331 g/mol. The number of anilines is 1. The van der Waals surface area contributed by atoms with E-state index in [2.05, 4.69) is 20.6 Å². The third-order valence-corrected chi connectivity index (χ3v) is 4.02. The van der Waals surface area contributed by atoms with E-state index in [9.17, 15) is 4.79 Å². The zero-order chi connectivity index (χ0) is 17.1. The SMILES string of the molecule is O=C(CCc1cnn(-c2ccccc2)c1)Nc1ccc2[nH]ncc2c1. The Labute approximate surface area is 144 Å². The first-order chi connectivity index (χ1) is 12.3. The molecule has 0 radical (unpaired) electrons. The van der Waals surface area contributed by atoms with Gasteiger partial charge in [0.1, 0.15) is 0 Å². The standard InChI is InChI=1S/C19H17N5O/c25-19(22-16-7-8-18-15(10-16)12-20-23-18)9-6-14-11-21-24(13-14)17-4-2-1-3-5-17/h1-5,7-8,10-13H,6,9H2,(H,20,23)(H,22,25). The molecule has 4 aromatic rings. The maximum absolute atomic E-state index is 12.2. The van der Waals surface area contributed by atoms with Gasteiger partial charge in [0.15, 0.2) is 0 Å². The molecule has 0 aliphatic heterocycles. The van der Waals surface area contributed by atoms with Crippen LogP contribution in [0.1, 0.15) is 12.0 Å². The second kappa shape index (κ2) is 6.60. The van der Waals surface area contributed by atoms with Crippen molar-refractivity contribution in [3.05, 3.63) is 72.7 Å². The lowest BCUT2D eigenvalue weighted by molar-refractivity contribution is -0.116. The first-order valence-electron chi connectivity index (χ1n) is 8.10. The predicted octanol–water partition coefficient (Wildman–Crippen LogP) is 3.32. The van der Waals surface area contributed by atoms with Crippen molar-refractivity contribution in [2.24, 2.45) is 0 Å². The Morgan fingerprint density at radius 2 is 2.00 bits per heavy atom. The summed E-state index contributed by atoms with van der Waals surface area (Å²) in [5, 5.41) is 15.1. The number of hydrogen-bond donors (Lipinski definition) is 2. The first-order valence-corrected chi connectivity index (χ1v) is 8.10. The van der Waals surface area contributed by atoms with Crippen LogP contribution in [0.15, 0.2) is 67.1 Å². The molecule has 2 aromatic carbocycles. The molecule has 0 aliphatic rings. The summed E-state index contributed by atoms with van der Waals surface area (Å²) in [6.45, 7) is 0. The molecule has 6 heteroatoms. The predicted molar refractivity (Wildman–Crippen MR) is 96.6 cm³/mol. The monoisotopic (exact) mass is 331 g/mol. The Morgan fingerprint density at radius 1 is 1.12 bits per heavy atom. The minimum absolute atomic E-state index is 0.0182. The topological polar surface area (TPSA) is 75.6 Å². The summed E-state index contributed by atoms with van der Waals surface area (Å²) < 4.78 is 1.82. The molecule has 0 fully saturated rings.